The molecule has 22 heavy (non-hydrogen) atoms. The van der Waals surface area contributed by atoms with Crippen LogP contribution >= 0.6 is 0 Å². The van der Waals surface area contributed by atoms with Gasteiger partial charge in [-0.05, 0) is 48.9 Å². The zero-order valence-electron chi connectivity index (χ0n) is 14.1. The van der Waals surface area contributed by atoms with Crippen molar-refractivity contribution in [3.05, 3.63) is 60.2 Å². The Morgan fingerprint density at radius 1 is 0.727 bits per heavy atom. The quantitative estimate of drug-likeness (QED) is 0.324. The van der Waals surface area contributed by atoms with Crippen LogP contribution in [-0.2, 0) is 6.42 Å². The first kappa shape index (κ1) is 16.8. The van der Waals surface area contributed by atoms with Gasteiger partial charge in [0.1, 0.15) is 0 Å². The van der Waals surface area contributed by atoms with Crippen molar-refractivity contribution in [3.8, 4) is 0 Å². The van der Waals surface area contributed by atoms with Crippen molar-refractivity contribution in [2.24, 2.45) is 0 Å². The third-order valence-corrected chi connectivity index (χ3v) is 4.39. The molecule has 0 fully saturated rings. The first-order valence-electron chi connectivity index (χ1n) is 8.99. The average Bonchev–Trinajstić information content (AvgIpc) is 2.56. The summed E-state index contributed by atoms with van der Waals surface area (Å²) in [6.45, 7) is 2.11. The number of allylic oxidation sites excluding steroid dienone is 2. The summed E-state index contributed by atoms with van der Waals surface area (Å²) >= 11 is 0. The van der Waals surface area contributed by atoms with Crippen molar-refractivity contribution < 1.29 is 0 Å². The molecular weight excluding hydrogens is 264 g/mol. The molecule has 0 aliphatic carbocycles. The lowest BCUT2D eigenvalue weighted by molar-refractivity contribution is 0.581. The molecule has 0 nitrogen and oxygen atoms in total. The SMILES string of the molecule is C/C=C/CCCCCCCCCc1ccc2ccccc2c1. The van der Waals surface area contributed by atoms with Gasteiger partial charge in [-0.1, -0.05) is 86.7 Å². The van der Waals surface area contributed by atoms with E-state index in [0.717, 1.165) is 0 Å². The topological polar surface area (TPSA) is 0 Å². The van der Waals surface area contributed by atoms with Crippen LogP contribution < -0.4 is 0 Å². The number of aryl methyl sites for hydroxylation is 1. The highest BCUT2D eigenvalue weighted by atomic mass is 14.0. The predicted octanol–water partition coefficient (Wildman–Crippen LogP) is 7.08. The second kappa shape index (κ2) is 10.2. The molecule has 0 atom stereocenters. The van der Waals surface area contributed by atoms with E-state index in [4.69, 9.17) is 0 Å². The Labute approximate surface area is 136 Å². The fourth-order valence-electron chi connectivity index (χ4n) is 3.04. The number of benzene rings is 2. The maximum Gasteiger partial charge on any atom is -0.0181 e. The summed E-state index contributed by atoms with van der Waals surface area (Å²) < 4.78 is 0. The highest BCUT2D eigenvalue weighted by molar-refractivity contribution is 5.82. The molecule has 0 aromatic heterocycles. The van der Waals surface area contributed by atoms with E-state index in [-0.39, 0.29) is 0 Å². The zero-order chi connectivity index (χ0) is 15.5. The minimum Gasteiger partial charge on any atom is -0.0917 e. The number of rotatable bonds is 10. The Morgan fingerprint density at radius 2 is 1.41 bits per heavy atom. The molecule has 2 aromatic rings. The van der Waals surface area contributed by atoms with Crippen molar-refractivity contribution in [1.82, 2.24) is 0 Å². The number of fused-ring (bicyclic) bond motifs is 1. The van der Waals surface area contributed by atoms with Crippen molar-refractivity contribution in [2.75, 3.05) is 0 Å². The lowest BCUT2D eigenvalue weighted by Crippen LogP contribution is -1.87. The molecule has 2 aromatic carbocycles. The molecule has 118 valence electrons. The second-order valence-corrected chi connectivity index (χ2v) is 6.26. The van der Waals surface area contributed by atoms with Gasteiger partial charge < -0.3 is 0 Å². The molecule has 0 saturated carbocycles. The van der Waals surface area contributed by atoms with Crippen molar-refractivity contribution in [3.63, 3.8) is 0 Å². The molecule has 2 rings (SSSR count). The van der Waals surface area contributed by atoms with Crippen LogP contribution in [0.2, 0.25) is 0 Å². The van der Waals surface area contributed by atoms with Gasteiger partial charge in [-0.15, -0.1) is 0 Å². The summed E-state index contributed by atoms with van der Waals surface area (Å²) in [6.07, 6.45) is 16.6. The highest BCUT2D eigenvalue weighted by Crippen LogP contribution is 2.17. The van der Waals surface area contributed by atoms with E-state index in [9.17, 15) is 0 Å². The fraction of sp³-hybridized carbons (Fsp3) is 0.455. The zero-order valence-corrected chi connectivity index (χ0v) is 14.1. The van der Waals surface area contributed by atoms with Gasteiger partial charge in [0.25, 0.3) is 0 Å². The maximum atomic E-state index is 2.36. The molecule has 0 heteroatoms. The number of hydrogen-bond donors (Lipinski definition) is 0. The molecule has 0 heterocycles. The third kappa shape index (κ3) is 6.05. The summed E-state index contributed by atoms with van der Waals surface area (Å²) in [6, 6.07) is 15.6. The largest absolute Gasteiger partial charge is 0.0917 e. The Hall–Kier alpha value is -1.56. The van der Waals surface area contributed by atoms with Gasteiger partial charge in [-0.3, -0.25) is 0 Å². The van der Waals surface area contributed by atoms with Gasteiger partial charge >= 0.3 is 0 Å². The number of unbranched alkanes of at least 4 members (excludes halogenated alkanes) is 7. The van der Waals surface area contributed by atoms with Gasteiger partial charge in [0.05, 0.1) is 0 Å². The normalized spacial score (nSPS) is 11.5. The lowest BCUT2D eigenvalue weighted by Gasteiger charge is -2.04. The van der Waals surface area contributed by atoms with Crippen LogP contribution in [0.3, 0.4) is 0 Å². The average molecular weight is 294 g/mol. The van der Waals surface area contributed by atoms with E-state index in [0.29, 0.717) is 0 Å². The van der Waals surface area contributed by atoms with E-state index in [1.54, 1.807) is 0 Å². The predicted molar refractivity (Wildman–Crippen MR) is 99.4 cm³/mol. The van der Waals surface area contributed by atoms with E-state index in [1.807, 2.05) is 0 Å². The molecule has 0 aliphatic heterocycles. The van der Waals surface area contributed by atoms with Crippen LogP contribution in [-0.4, -0.2) is 0 Å². The van der Waals surface area contributed by atoms with Gasteiger partial charge in [0, 0.05) is 0 Å². The summed E-state index contributed by atoms with van der Waals surface area (Å²) in [5.41, 5.74) is 1.49. The Kier molecular flexibility index (Phi) is 7.80. The molecule has 0 saturated heterocycles. The van der Waals surface area contributed by atoms with Crippen molar-refractivity contribution in [1.29, 1.82) is 0 Å². The molecular formula is C22H30. The van der Waals surface area contributed by atoms with Crippen LogP contribution in [0.25, 0.3) is 10.8 Å². The first-order chi connectivity index (χ1) is 10.9. The highest BCUT2D eigenvalue weighted by Gasteiger charge is 1.97. The van der Waals surface area contributed by atoms with Crippen molar-refractivity contribution >= 4 is 10.8 Å². The Balaban J connectivity index is 1.56. The maximum absolute atomic E-state index is 2.36. The van der Waals surface area contributed by atoms with Gasteiger partial charge in [-0.25, -0.2) is 0 Å². The molecule has 0 amide bonds. The fourth-order valence-corrected chi connectivity index (χ4v) is 3.04. The van der Waals surface area contributed by atoms with E-state index in [2.05, 4.69) is 61.5 Å². The van der Waals surface area contributed by atoms with Gasteiger partial charge in [-0.2, -0.15) is 0 Å². The third-order valence-electron chi connectivity index (χ3n) is 4.39. The Morgan fingerprint density at radius 3 is 2.18 bits per heavy atom. The second-order valence-electron chi connectivity index (χ2n) is 6.26. The van der Waals surface area contributed by atoms with Gasteiger partial charge in [0.2, 0.25) is 0 Å². The summed E-state index contributed by atoms with van der Waals surface area (Å²) in [5.74, 6) is 0. The first-order valence-corrected chi connectivity index (χ1v) is 8.99. The van der Waals surface area contributed by atoms with Gasteiger partial charge in [0.15, 0.2) is 0 Å². The summed E-state index contributed by atoms with van der Waals surface area (Å²) in [5, 5.41) is 2.73. The minimum absolute atomic E-state index is 1.23. The standard InChI is InChI=1S/C22H30/c1-2-3-4-5-6-7-8-9-10-11-14-20-17-18-21-15-12-13-16-22(21)19-20/h2-3,12-13,15-19H,4-11,14H2,1H3/b3-2+. The lowest BCUT2D eigenvalue weighted by atomic mass is 10.0. The summed E-state index contributed by atoms with van der Waals surface area (Å²) in [7, 11) is 0. The minimum atomic E-state index is 1.23. The molecule has 0 N–H and O–H groups in total. The van der Waals surface area contributed by atoms with E-state index >= 15 is 0 Å². The summed E-state index contributed by atoms with van der Waals surface area (Å²) in [4.78, 5) is 0. The van der Waals surface area contributed by atoms with Crippen LogP contribution in [0.15, 0.2) is 54.6 Å². The number of hydrogen-bond acceptors (Lipinski definition) is 0. The van der Waals surface area contributed by atoms with E-state index < -0.39 is 0 Å². The monoisotopic (exact) mass is 294 g/mol. The Bertz CT molecular complexity index is 565. The molecule has 0 unspecified atom stereocenters. The smallest absolute Gasteiger partial charge is 0.0181 e. The molecule has 0 aliphatic rings. The molecule has 0 radical (unpaired) electrons. The molecule has 0 bridgehead atoms. The van der Waals surface area contributed by atoms with Crippen LogP contribution in [0.5, 0.6) is 0 Å². The van der Waals surface area contributed by atoms with Crippen LogP contribution in [0, 0.1) is 0 Å². The van der Waals surface area contributed by atoms with E-state index in [1.165, 1.54) is 74.1 Å². The molecule has 0 spiro atoms. The van der Waals surface area contributed by atoms with Crippen LogP contribution in [0.4, 0.5) is 0 Å². The van der Waals surface area contributed by atoms with Crippen molar-refractivity contribution in [2.45, 2.75) is 64.7 Å². The van der Waals surface area contributed by atoms with Crippen LogP contribution in [0.1, 0.15) is 63.9 Å².